The van der Waals surface area contributed by atoms with Crippen molar-refractivity contribution in [3.05, 3.63) is 35.6 Å². The van der Waals surface area contributed by atoms with Gasteiger partial charge in [-0.2, -0.15) is 0 Å². The molecule has 1 rings (SSSR count). The zero-order valence-corrected chi connectivity index (χ0v) is 12.6. The van der Waals surface area contributed by atoms with Crippen LogP contribution in [0.4, 0.5) is 4.39 Å². The van der Waals surface area contributed by atoms with E-state index in [9.17, 15) is 9.18 Å². The van der Waals surface area contributed by atoms with E-state index in [0.29, 0.717) is 19.6 Å². The number of carbonyl (C=O) groups excluding carboxylic acids is 1. The van der Waals surface area contributed by atoms with Gasteiger partial charge in [0.15, 0.2) is 0 Å². The maximum Gasteiger partial charge on any atom is 0.291 e. The zero-order valence-electron chi connectivity index (χ0n) is 12.6. The van der Waals surface area contributed by atoms with Gasteiger partial charge in [0.2, 0.25) is 0 Å². The van der Waals surface area contributed by atoms with E-state index in [1.807, 2.05) is 13.8 Å². The third-order valence-electron chi connectivity index (χ3n) is 2.45. The Balaban J connectivity index is 2.71. The molecule has 116 valence electrons. The molecule has 0 aromatic heterocycles. The van der Waals surface area contributed by atoms with Gasteiger partial charge in [0.25, 0.3) is 11.9 Å². The molecule has 1 N–H and O–H groups in total. The lowest BCUT2D eigenvalue weighted by atomic mass is 10.2. The van der Waals surface area contributed by atoms with Crippen LogP contribution in [-0.2, 0) is 9.47 Å². The summed E-state index contributed by atoms with van der Waals surface area (Å²) in [5.74, 6) is -1.17. The van der Waals surface area contributed by atoms with E-state index in [2.05, 4.69) is 10.3 Å². The van der Waals surface area contributed by atoms with Crippen molar-refractivity contribution in [1.29, 1.82) is 0 Å². The van der Waals surface area contributed by atoms with E-state index in [1.54, 1.807) is 13.2 Å². The standard InChI is InChI=1S/C15H21FN2O3/c1-11(2)21-15(17-9-6-10-20-3)18-14(19)12-7-4-5-8-13(12)16/h4-5,7-8,11H,6,9-10H2,1-3H3,(H,17,18,19). The monoisotopic (exact) mass is 296 g/mol. The number of halogens is 1. The minimum Gasteiger partial charge on any atom is -0.462 e. The van der Waals surface area contributed by atoms with Gasteiger partial charge >= 0.3 is 0 Å². The molecule has 0 aliphatic carbocycles. The highest BCUT2D eigenvalue weighted by molar-refractivity contribution is 6.04. The highest BCUT2D eigenvalue weighted by Crippen LogP contribution is 2.06. The average molecular weight is 296 g/mol. The molecule has 0 fully saturated rings. The van der Waals surface area contributed by atoms with Crippen molar-refractivity contribution in [3.63, 3.8) is 0 Å². The van der Waals surface area contributed by atoms with Crippen molar-refractivity contribution in [2.24, 2.45) is 4.99 Å². The van der Waals surface area contributed by atoms with Gasteiger partial charge in [-0.15, -0.1) is 0 Å². The van der Waals surface area contributed by atoms with Crippen LogP contribution < -0.4 is 5.32 Å². The van der Waals surface area contributed by atoms with Crippen molar-refractivity contribution >= 4 is 11.9 Å². The zero-order chi connectivity index (χ0) is 15.7. The Bertz CT molecular complexity index is 490. The summed E-state index contributed by atoms with van der Waals surface area (Å²) in [5.41, 5.74) is -0.0468. The van der Waals surface area contributed by atoms with Gasteiger partial charge in [0.1, 0.15) is 5.82 Å². The van der Waals surface area contributed by atoms with Crippen molar-refractivity contribution in [3.8, 4) is 0 Å². The summed E-state index contributed by atoms with van der Waals surface area (Å²) in [4.78, 5) is 16.2. The van der Waals surface area contributed by atoms with Crippen LogP contribution in [0.5, 0.6) is 0 Å². The molecule has 0 unspecified atom stereocenters. The fourth-order valence-corrected chi connectivity index (χ4v) is 1.53. The van der Waals surface area contributed by atoms with Crippen LogP contribution in [0.15, 0.2) is 29.3 Å². The van der Waals surface area contributed by atoms with Gasteiger partial charge in [-0.25, -0.2) is 9.38 Å². The van der Waals surface area contributed by atoms with Crippen LogP contribution in [-0.4, -0.2) is 38.3 Å². The molecule has 0 bridgehead atoms. The third kappa shape index (κ3) is 6.35. The number of amidine groups is 1. The molecule has 21 heavy (non-hydrogen) atoms. The first-order valence-electron chi connectivity index (χ1n) is 6.80. The van der Waals surface area contributed by atoms with E-state index in [1.165, 1.54) is 18.2 Å². The molecule has 0 radical (unpaired) electrons. The minimum atomic E-state index is -0.585. The number of benzene rings is 1. The van der Waals surface area contributed by atoms with E-state index in [4.69, 9.17) is 9.47 Å². The summed E-state index contributed by atoms with van der Waals surface area (Å²) in [6.45, 7) is 4.66. The first kappa shape index (κ1) is 17.1. The van der Waals surface area contributed by atoms with E-state index >= 15 is 0 Å². The Hall–Kier alpha value is -1.95. The lowest BCUT2D eigenvalue weighted by Crippen LogP contribution is -2.35. The average Bonchev–Trinajstić information content (AvgIpc) is 2.43. The van der Waals surface area contributed by atoms with Crippen LogP contribution in [0, 0.1) is 5.82 Å². The number of hydrogen-bond donors (Lipinski definition) is 1. The molecule has 0 saturated heterocycles. The van der Waals surface area contributed by atoms with Gasteiger partial charge in [0.05, 0.1) is 11.7 Å². The molecule has 1 aromatic carbocycles. The largest absolute Gasteiger partial charge is 0.462 e. The Labute approximate surface area is 124 Å². The second kappa shape index (κ2) is 9.07. The molecule has 5 nitrogen and oxygen atoms in total. The molecule has 0 aliphatic rings. The van der Waals surface area contributed by atoms with Crippen molar-refractivity contribution in [1.82, 2.24) is 5.32 Å². The lowest BCUT2D eigenvalue weighted by Gasteiger charge is -2.13. The molecular formula is C15H21FN2O3. The Morgan fingerprint density at radius 2 is 2.10 bits per heavy atom. The van der Waals surface area contributed by atoms with Gasteiger partial charge in [-0.3, -0.25) is 10.1 Å². The molecule has 6 heteroatoms. The number of nitrogens with zero attached hydrogens (tertiary/aromatic N) is 1. The summed E-state index contributed by atoms with van der Waals surface area (Å²) in [6, 6.07) is 5.85. The quantitative estimate of drug-likeness (QED) is 0.498. The first-order valence-corrected chi connectivity index (χ1v) is 6.80. The minimum absolute atomic E-state index is 0.0468. The summed E-state index contributed by atoms with van der Waals surface area (Å²) in [5, 5.41) is 2.49. The highest BCUT2D eigenvalue weighted by atomic mass is 19.1. The SMILES string of the molecule is COCCCN=C(NC(=O)c1ccccc1F)OC(C)C. The maximum atomic E-state index is 13.5. The van der Waals surface area contributed by atoms with Crippen LogP contribution in [0.3, 0.4) is 0 Å². The fraction of sp³-hybridized carbons (Fsp3) is 0.467. The number of carbonyl (C=O) groups is 1. The maximum absolute atomic E-state index is 13.5. The Morgan fingerprint density at radius 3 is 2.71 bits per heavy atom. The van der Waals surface area contributed by atoms with Gasteiger partial charge in [0, 0.05) is 20.3 Å². The van der Waals surface area contributed by atoms with E-state index in [0.717, 1.165) is 0 Å². The van der Waals surface area contributed by atoms with E-state index in [-0.39, 0.29) is 17.7 Å². The third-order valence-corrected chi connectivity index (χ3v) is 2.45. The number of amides is 1. The van der Waals surface area contributed by atoms with Crippen LogP contribution >= 0.6 is 0 Å². The van der Waals surface area contributed by atoms with Crippen LogP contribution in [0.25, 0.3) is 0 Å². The summed E-state index contributed by atoms with van der Waals surface area (Å²) < 4.78 is 23.9. The predicted molar refractivity (Wildman–Crippen MR) is 78.9 cm³/mol. The molecule has 0 saturated carbocycles. The fourth-order valence-electron chi connectivity index (χ4n) is 1.53. The van der Waals surface area contributed by atoms with Crippen molar-refractivity contribution < 1.29 is 18.7 Å². The highest BCUT2D eigenvalue weighted by Gasteiger charge is 2.14. The van der Waals surface area contributed by atoms with Gasteiger partial charge in [-0.1, -0.05) is 12.1 Å². The molecule has 0 heterocycles. The normalized spacial score (nSPS) is 11.6. The number of nitrogens with one attached hydrogen (secondary N) is 1. The molecule has 0 aliphatic heterocycles. The van der Waals surface area contributed by atoms with Crippen molar-refractivity contribution in [2.45, 2.75) is 26.4 Å². The smallest absolute Gasteiger partial charge is 0.291 e. The molecule has 0 atom stereocenters. The summed E-state index contributed by atoms with van der Waals surface area (Å²) in [7, 11) is 1.61. The van der Waals surface area contributed by atoms with Crippen molar-refractivity contribution in [2.75, 3.05) is 20.3 Å². The number of methoxy groups -OCH3 is 1. The topological polar surface area (TPSA) is 59.9 Å². The number of aliphatic imine (C=N–C) groups is 1. The molecule has 1 amide bonds. The number of ether oxygens (including phenoxy) is 2. The second-order valence-electron chi connectivity index (χ2n) is 4.63. The van der Waals surface area contributed by atoms with Crippen LogP contribution in [0.1, 0.15) is 30.6 Å². The van der Waals surface area contributed by atoms with Gasteiger partial charge in [-0.05, 0) is 32.4 Å². The van der Waals surface area contributed by atoms with Gasteiger partial charge < -0.3 is 9.47 Å². The number of rotatable bonds is 6. The first-order chi connectivity index (χ1) is 10.0. The molecular weight excluding hydrogens is 275 g/mol. The number of hydrogen-bond acceptors (Lipinski definition) is 4. The Kier molecular flexibility index (Phi) is 7.39. The summed E-state index contributed by atoms with van der Waals surface area (Å²) in [6.07, 6.45) is 0.559. The molecule has 1 aromatic rings. The van der Waals surface area contributed by atoms with E-state index < -0.39 is 11.7 Å². The predicted octanol–water partition coefficient (Wildman–Crippen LogP) is 2.37. The van der Waals surface area contributed by atoms with Crippen LogP contribution in [0.2, 0.25) is 0 Å². The summed E-state index contributed by atoms with van der Waals surface area (Å²) >= 11 is 0. The molecule has 0 spiro atoms. The Morgan fingerprint density at radius 1 is 1.38 bits per heavy atom. The second-order valence-corrected chi connectivity index (χ2v) is 4.63. The lowest BCUT2D eigenvalue weighted by molar-refractivity contribution is 0.0955.